The molecule has 1 fully saturated rings. The zero-order valence-corrected chi connectivity index (χ0v) is 10.6. The molecule has 2 rings (SSSR count). The number of hydrogen-bond acceptors (Lipinski definition) is 2. The van der Waals surface area contributed by atoms with Crippen LogP contribution in [0.3, 0.4) is 0 Å². The van der Waals surface area contributed by atoms with E-state index < -0.39 is 0 Å². The zero-order valence-electron chi connectivity index (χ0n) is 10.6. The molecule has 96 valence electrons. The fourth-order valence-electron chi connectivity index (χ4n) is 2.35. The number of amides is 1. The molecule has 1 saturated heterocycles. The number of carbonyl (C=O) groups excluding carboxylic acids is 1. The van der Waals surface area contributed by atoms with Crippen molar-refractivity contribution in [1.29, 1.82) is 0 Å². The molecule has 0 radical (unpaired) electrons. The molecular formula is C15H20N2O. The molecular weight excluding hydrogens is 224 g/mol. The van der Waals surface area contributed by atoms with Crippen LogP contribution >= 0.6 is 0 Å². The summed E-state index contributed by atoms with van der Waals surface area (Å²) in [5.74, 6) is 0.291. The van der Waals surface area contributed by atoms with E-state index in [1.165, 1.54) is 5.56 Å². The Balaban J connectivity index is 1.81. The molecule has 1 aromatic carbocycles. The van der Waals surface area contributed by atoms with E-state index in [0.29, 0.717) is 6.54 Å². The van der Waals surface area contributed by atoms with Crippen LogP contribution in [0, 0.1) is 5.92 Å². The van der Waals surface area contributed by atoms with E-state index in [9.17, 15) is 4.79 Å². The van der Waals surface area contributed by atoms with Crippen molar-refractivity contribution >= 4 is 5.91 Å². The fourth-order valence-corrected chi connectivity index (χ4v) is 2.35. The summed E-state index contributed by atoms with van der Waals surface area (Å²) in [6.07, 6.45) is 2.67. The van der Waals surface area contributed by atoms with Crippen molar-refractivity contribution < 1.29 is 4.79 Å². The lowest BCUT2D eigenvalue weighted by molar-refractivity contribution is -0.124. The molecule has 3 nitrogen and oxygen atoms in total. The van der Waals surface area contributed by atoms with Crippen molar-refractivity contribution in [3.8, 4) is 0 Å². The van der Waals surface area contributed by atoms with Crippen LogP contribution in [-0.2, 0) is 11.3 Å². The van der Waals surface area contributed by atoms with Crippen LogP contribution in [0.2, 0.25) is 0 Å². The highest BCUT2D eigenvalue weighted by Crippen LogP contribution is 2.18. The molecule has 1 aromatic rings. The molecule has 18 heavy (non-hydrogen) atoms. The maximum atomic E-state index is 11.8. The maximum absolute atomic E-state index is 11.8. The second kappa shape index (κ2) is 6.36. The van der Waals surface area contributed by atoms with E-state index in [0.717, 1.165) is 26.1 Å². The van der Waals surface area contributed by atoms with Gasteiger partial charge in [0.15, 0.2) is 0 Å². The van der Waals surface area contributed by atoms with Crippen molar-refractivity contribution in [2.45, 2.75) is 13.0 Å². The highest BCUT2D eigenvalue weighted by molar-refractivity contribution is 5.79. The monoisotopic (exact) mass is 244 g/mol. The van der Waals surface area contributed by atoms with Gasteiger partial charge in [0.05, 0.1) is 5.92 Å². The summed E-state index contributed by atoms with van der Waals surface area (Å²) >= 11 is 0. The van der Waals surface area contributed by atoms with Gasteiger partial charge in [-0.2, -0.15) is 0 Å². The first-order chi connectivity index (χ1) is 8.79. The summed E-state index contributed by atoms with van der Waals surface area (Å²) in [6.45, 7) is 6.97. The summed E-state index contributed by atoms with van der Waals surface area (Å²) in [5, 5.41) is 2.88. The van der Waals surface area contributed by atoms with Gasteiger partial charge in [-0.05, 0) is 18.5 Å². The van der Waals surface area contributed by atoms with Gasteiger partial charge in [-0.15, -0.1) is 6.58 Å². The molecule has 0 aliphatic carbocycles. The Morgan fingerprint density at radius 1 is 1.44 bits per heavy atom. The maximum Gasteiger partial charge on any atom is 0.224 e. The number of benzene rings is 1. The number of hydrogen-bond donors (Lipinski definition) is 1. The molecule has 3 heteroatoms. The lowest BCUT2D eigenvalue weighted by atomic mass is 10.1. The van der Waals surface area contributed by atoms with Gasteiger partial charge >= 0.3 is 0 Å². The highest BCUT2D eigenvalue weighted by Gasteiger charge is 2.27. The van der Waals surface area contributed by atoms with Crippen LogP contribution in [0.5, 0.6) is 0 Å². The van der Waals surface area contributed by atoms with E-state index in [1.807, 2.05) is 6.07 Å². The quantitative estimate of drug-likeness (QED) is 0.801. The normalized spacial score (nSPS) is 19.7. The van der Waals surface area contributed by atoms with Crippen molar-refractivity contribution in [2.24, 2.45) is 5.92 Å². The van der Waals surface area contributed by atoms with Crippen LogP contribution < -0.4 is 5.32 Å². The minimum absolute atomic E-state index is 0.133. The summed E-state index contributed by atoms with van der Waals surface area (Å²) in [7, 11) is 0. The van der Waals surface area contributed by atoms with Gasteiger partial charge in [-0.1, -0.05) is 36.4 Å². The SMILES string of the molecule is C=CCNC(=O)C1CCN(Cc2ccccc2)C1. The van der Waals surface area contributed by atoms with Crippen molar-refractivity contribution in [2.75, 3.05) is 19.6 Å². The van der Waals surface area contributed by atoms with Gasteiger partial charge in [0.1, 0.15) is 0 Å². The van der Waals surface area contributed by atoms with Crippen LogP contribution in [0.15, 0.2) is 43.0 Å². The first-order valence-electron chi connectivity index (χ1n) is 6.44. The van der Waals surface area contributed by atoms with Crippen LogP contribution in [-0.4, -0.2) is 30.4 Å². The molecule has 0 aromatic heterocycles. The van der Waals surface area contributed by atoms with Crippen molar-refractivity contribution in [3.63, 3.8) is 0 Å². The molecule has 0 bridgehead atoms. The standard InChI is InChI=1S/C15H20N2O/c1-2-9-16-15(18)14-8-10-17(12-14)11-13-6-4-3-5-7-13/h2-7,14H,1,8-12H2,(H,16,18). The van der Waals surface area contributed by atoms with Crippen molar-refractivity contribution in [1.82, 2.24) is 10.2 Å². The molecule has 0 saturated carbocycles. The summed E-state index contributed by atoms with van der Waals surface area (Å²) in [6, 6.07) is 10.4. The molecule has 1 aliphatic heterocycles. The zero-order chi connectivity index (χ0) is 12.8. The predicted molar refractivity (Wildman–Crippen MR) is 73.0 cm³/mol. The van der Waals surface area contributed by atoms with Crippen LogP contribution in [0.1, 0.15) is 12.0 Å². The first-order valence-corrected chi connectivity index (χ1v) is 6.44. The first kappa shape index (κ1) is 12.8. The largest absolute Gasteiger partial charge is 0.352 e. The Bertz CT molecular complexity index is 402. The topological polar surface area (TPSA) is 32.3 Å². The third-order valence-electron chi connectivity index (χ3n) is 3.31. The van der Waals surface area contributed by atoms with Crippen molar-refractivity contribution in [3.05, 3.63) is 48.6 Å². The molecule has 1 amide bonds. The van der Waals surface area contributed by atoms with Crippen LogP contribution in [0.4, 0.5) is 0 Å². The number of likely N-dealkylation sites (tertiary alicyclic amines) is 1. The Kier molecular flexibility index (Phi) is 4.53. The van der Waals surface area contributed by atoms with Crippen LogP contribution in [0.25, 0.3) is 0 Å². The smallest absolute Gasteiger partial charge is 0.224 e. The number of nitrogens with one attached hydrogen (secondary N) is 1. The lowest BCUT2D eigenvalue weighted by Crippen LogP contribution is -2.32. The fraction of sp³-hybridized carbons (Fsp3) is 0.400. The Morgan fingerprint density at radius 3 is 2.94 bits per heavy atom. The number of rotatable bonds is 5. The number of carbonyl (C=O) groups is 1. The molecule has 0 spiro atoms. The van der Waals surface area contributed by atoms with E-state index >= 15 is 0 Å². The van der Waals surface area contributed by atoms with Gasteiger partial charge in [-0.25, -0.2) is 0 Å². The Morgan fingerprint density at radius 2 is 2.22 bits per heavy atom. The van der Waals surface area contributed by atoms with E-state index in [-0.39, 0.29) is 11.8 Å². The predicted octanol–water partition coefficient (Wildman–Crippen LogP) is 1.81. The van der Waals surface area contributed by atoms with Gasteiger partial charge in [0.2, 0.25) is 5.91 Å². The molecule has 1 aliphatic rings. The number of nitrogens with zero attached hydrogens (tertiary/aromatic N) is 1. The summed E-state index contributed by atoms with van der Waals surface area (Å²) < 4.78 is 0. The minimum atomic E-state index is 0.133. The molecule has 1 N–H and O–H groups in total. The van der Waals surface area contributed by atoms with Gasteiger partial charge in [0, 0.05) is 19.6 Å². The summed E-state index contributed by atoms with van der Waals surface area (Å²) in [4.78, 5) is 14.2. The van der Waals surface area contributed by atoms with Gasteiger partial charge < -0.3 is 5.32 Å². The summed E-state index contributed by atoms with van der Waals surface area (Å²) in [5.41, 5.74) is 1.31. The molecule has 1 unspecified atom stereocenters. The second-order valence-electron chi connectivity index (χ2n) is 4.74. The average molecular weight is 244 g/mol. The Hall–Kier alpha value is -1.61. The van der Waals surface area contributed by atoms with Gasteiger partial charge in [-0.3, -0.25) is 9.69 Å². The third kappa shape index (κ3) is 3.44. The third-order valence-corrected chi connectivity index (χ3v) is 3.31. The van der Waals surface area contributed by atoms with E-state index in [4.69, 9.17) is 0 Å². The van der Waals surface area contributed by atoms with E-state index in [1.54, 1.807) is 6.08 Å². The average Bonchev–Trinajstić information content (AvgIpc) is 2.86. The Labute approximate surface area is 108 Å². The minimum Gasteiger partial charge on any atom is -0.352 e. The molecule has 1 atom stereocenters. The lowest BCUT2D eigenvalue weighted by Gasteiger charge is -2.15. The van der Waals surface area contributed by atoms with Gasteiger partial charge in [0.25, 0.3) is 0 Å². The second-order valence-corrected chi connectivity index (χ2v) is 4.74. The molecule has 1 heterocycles. The van der Waals surface area contributed by atoms with E-state index in [2.05, 4.69) is 41.1 Å². The highest BCUT2D eigenvalue weighted by atomic mass is 16.1.